The lowest BCUT2D eigenvalue weighted by molar-refractivity contribution is -0.105. The molecule has 2 nitrogen and oxygen atoms in total. The molecule has 0 amide bonds. The number of carbonyl (C=O) groups excluding carboxylic acids is 1. The summed E-state index contributed by atoms with van der Waals surface area (Å²) in [4.78, 5) is 10.2. The number of nitrogens with two attached hydrogens (primary N) is 1. The first-order valence-corrected chi connectivity index (χ1v) is 3.71. The molecule has 58 valence electrons. The van der Waals surface area contributed by atoms with Gasteiger partial charge in [0.15, 0.2) is 0 Å². The summed E-state index contributed by atoms with van der Waals surface area (Å²) in [5, 5.41) is 0. The van der Waals surface area contributed by atoms with Crippen LogP contribution < -0.4 is 5.73 Å². The summed E-state index contributed by atoms with van der Waals surface area (Å²) in [6.45, 7) is 2.13. The third-order valence-electron chi connectivity index (χ3n) is 1.43. The van der Waals surface area contributed by atoms with E-state index in [-0.39, 0.29) is 0 Å². The van der Waals surface area contributed by atoms with Gasteiger partial charge in [-0.15, -0.1) is 0 Å². The first-order valence-electron chi connectivity index (χ1n) is 3.71. The van der Waals surface area contributed by atoms with E-state index in [1.54, 1.807) is 0 Å². The topological polar surface area (TPSA) is 43.1 Å². The molecule has 0 aliphatic carbocycles. The van der Waals surface area contributed by atoms with E-state index in [0.717, 1.165) is 19.1 Å². The Morgan fingerprint density at radius 3 is 2.60 bits per heavy atom. The largest absolute Gasteiger partial charge is 0.404 e. The van der Waals surface area contributed by atoms with Crippen molar-refractivity contribution in [1.29, 1.82) is 0 Å². The van der Waals surface area contributed by atoms with E-state index in [9.17, 15) is 4.79 Å². The molecule has 2 heteroatoms. The Bertz CT molecular complexity index is 118. The van der Waals surface area contributed by atoms with Gasteiger partial charge in [-0.05, 0) is 12.8 Å². The van der Waals surface area contributed by atoms with Crippen molar-refractivity contribution in [3.63, 3.8) is 0 Å². The van der Waals surface area contributed by atoms with Crippen LogP contribution in [0.25, 0.3) is 0 Å². The maximum atomic E-state index is 10.2. The Morgan fingerprint density at radius 2 is 2.20 bits per heavy atom. The molecule has 0 aliphatic rings. The molecule has 0 unspecified atom stereocenters. The summed E-state index contributed by atoms with van der Waals surface area (Å²) in [5.41, 5.74) is 5.89. The van der Waals surface area contributed by atoms with Gasteiger partial charge >= 0.3 is 0 Å². The van der Waals surface area contributed by atoms with Crippen molar-refractivity contribution >= 4 is 6.29 Å². The van der Waals surface area contributed by atoms with Gasteiger partial charge in [-0.2, -0.15) is 0 Å². The molecule has 0 saturated carbocycles. The number of hydrogen-bond acceptors (Lipinski definition) is 2. The molecule has 0 bridgehead atoms. The zero-order chi connectivity index (χ0) is 7.82. The molecule has 0 aromatic rings. The van der Waals surface area contributed by atoms with Crippen LogP contribution in [-0.4, -0.2) is 6.29 Å². The van der Waals surface area contributed by atoms with Crippen LogP contribution in [0.15, 0.2) is 11.8 Å². The number of allylic oxidation sites excluding steroid dienone is 1. The number of unbranched alkanes of at least 4 members (excludes halogenated alkanes) is 2. The predicted molar refractivity (Wildman–Crippen MR) is 42.5 cm³/mol. The van der Waals surface area contributed by atoms with Crippen molar-refractivity contribution in [2.75, 3.05) is 0 Å². The number of aldehydes is 1. The minimum Gasteiger partial charge on any atom is -0.404 e. The van der Waals surface area contributed by atoms with Crippen LogP contribution in [0.4, 0.5) is 0 Å². The Morgan fingerprint density at radius 1 is 1.50 bits per heavy atom. The molecular formula is C8H15NO. The smallest absolute Gasteiger partial charge is 0.147 e. The Labute approximate surface area is 62.1 Å². The van der Waals surface area contributed by atoms with Crippen LogP contribution in [0.5, 0.6) is 0 Å². The molecule has 0 aromatic heterocycles. The van der Waals surface area contributed by atoms with Gasteiger partial charge in [0, 0.05) is 11.8 Å². The fourth-order valence-corrected chi connectivity index (χ4v) is 0.761. The van der Waals surface area contributed by atoms with E-state index in [4.69, 9.17) is 5.73 Å². The summed E-state index contributed by atoms with van der Waals surface area (Å²) < 4.78 is 0. The minimum atomic E-state index is 0.716. The number of rotatable bonds is 5. The normalized spacial score (nSPS) is 11.5. The van der Waals surface area contributed by atoms with Gasteiger partial charge in [0.05, 0.1) is 0 Å². The highest BCUT2D eigenvalue weighted by Gasteiger charge is 1.92. The summed E-state index contributed by atoms with van der Waals surface area (Å²) >= 11 is 0. The van der Waals surface area contributed by atoms with Crippen molar-refractivity contribution < 1.29 is 4.79 Å². The fraction of sp³-hybridized carbons (Fsp3) is 0.625. The lowest BCUT2D eigenvalue weighted by Crippen LogP contribution is -1.90. The van der Waals surface area contributed by atoms with Crippen LogP contribution in [0.1, 0.15) is 32.6 Å². The SMILES string of the molecule is CCCCCC(C=O)=CN. The average molecular weight is 141 g/mol. The summed E-state index contributed by atoms with van der Waals surface area (Å²) in [7, 11) is 0. The van der Waals surface area contributed by atoms with E-state index in [2.05, 4.69) is 6.92 Å². The lowest BCUT2D eigenvalue weighted by atomic mass is 10.1. The molecule has 0 atom stereocenters. The van der Waals surface area contributed by atoms with E-state index in [1.807, 2.05) is 0 Å². The van der Waals surface area contributed by atoms with Gasteiger partial charge in [0.25, 0.3) is 0 Å². The highest BCUT2D eigenvalue weighted by atomic mass is 16.1. The van der Waals surface area contributed by atoms with Crippen LogP contribution in [0.3, 0.4) is 0 Å². The molecule has 0 aliphatic heterocycles. The summed E-state index contributed by atoms with van der Waals surface area (Å²) in [6.07, 6.45) is 6.46. The zero-order valence-corrected chi connectivity index (χ0v) is 6.47. The Hall–Kier alpha value is -0.790. The van der Waals surface area contributed by atoms with Crippen LogP contribution in [-0.2, 0) is 4.79 Å². The maximum absolute atomic E-state index is 10.2. The Balaban J connectivity index is 3.36. The van der Waals surface area contributed by atoms with Crippen molar-refractivity contribution in [3.8, 4) is 0 Å². The van der Waals surface area contributed by atoms with Crippen LogP contribution >= 0.6 is 0 Å². The van der Waals surface area contributed by atoms with Crippen LogP contribution in [0, 0.1) is 0 Å². The molecule has 0 rings (SSSR count). The molecule has 0 spiro atoms. The lowest BCUT2D eigenvalue weighted by Gasteiger charge is -1.95. The molecule has 0 radical (unpaired) electrons. The van der Waals surface area contributed by atoms with Crippen molar-refractivity contribution in [2.24, 2.45) is 5.73 Å². The molecule has 0 heterocycles. The second kappa shape index (κ2) is 6.33. The molecule has 0 fully saturated rings. The van der Waals surface area contributed by atoms with Crippen molar-refractivity contribution in [1.82, 2.24) is 0 Å². The van der Waals surface area contributed by atoms with E-state index in [0.29, 0.717) is 5.57 Å². The van der Waals surface area contributed by atoms with Gasteiger partial charge in [-0.3, -0.25) is 4.79 Å². The first kappa shape index (κ1) is 9.21. The average Bonchev–Trinajstić information content (AvgIpc) is 1.99. The van der Waals surface area contributed by atoms with E-state index < -0.39 is 0 Å². The van der Waals surface area contributed by atoms with E-state index >= 15 is 0 Å². The minimum absolute atomic E-state index is 0.716. The van der Waals surface area contributed by atoms with Crippen molar-refractivity contribution in [2.45, 2.75) is 32.6 Å². The van der Waals surface area contributed by atoms with Gasteiger partial charge in [0.1, 0.15) is 6.29 Å². The number of carbonyl (C=O) groups is 1. The molecule has 2 N–H and O–H groups in total. The van der Waals surface area contributed by atoms with Crippen LogP contribution in [0.2, 0.25) is 0 Å². The first-order chi connectivity index (χ1) is 4.85. The Kier molecular flexibility index (Phi) is 5.83. The zero-order valence-electron chi connectivity index (χ0n) is 6.47. The summed E-state index contributed by atoms with van der Waals surface area (Å²) in [5.74, 6) is 0. The van der Waals surface area contributed by atoms with Gasteiger partial charge in [-0.1, -0.05) is 19.8 Å². The predicted octanol–water partition coefficient (Wildman–Crippen LogP) is 1.61. The standard InChI is InChI=1S/C8H15NO/c1-2-3-4-5-8(6-9)7-10/h6-7H,2-5,9H2,1H3. The monoisotopic (exact) mass is 141 g/mol. The van der Waals surface area contributed by atoms with E-state index in [1.165, 1.54) is 19.0 Å². The third-order valence-corrected chi connectivity index (χ3v) is 1.43. The summed E-state index contributed by atoms with van der Waals surface area (Å²) in [6, 6.07) is 0. The third kappa shape index (κ3) is 4.13. The molecule has 0 saturated heterocycles. The molecule has 10 heavy (non-hydrogen) atoms. The van der Waals surface area contributed by atoms with Gasteiger partial charge in [-0.25, -0.2) is 0 Å². The highest BCUT2D eigenvalue weighted by molar-refractivity contribution is 5.72. The van der Waals surface area contributed by atoms with Gasteiger partial charge < -0.3 is 5.73 Å². The second-order valence-corrected chi connectivity index (χ2v) is 2.32. The number of hydrogen-bond donors (Lipinski definition) is 1. The maximum Gasteiger partial charge on any atom is 0.147 e. The highest BCUT2D eigenvalue weighted by Crippen LogP contribution is 2.04. The second-order valence-electron chi connectivity index (χ2n) is 2.32. The quantitative estimate of drug-likeness (QED) is 0.359. The van der Waals surface area contributed by atoms with Gasteiger partial charge in [0.2, 0.25) is 0 Å². The fourth-order valence-electron chi connectivity index (χ4n) is 0.761. The van der Waals surface area contributed by atoms with Crippen molar-refractivity contribution in [3.05, 3.63) is 11.8 Å². The molecule has 0 aromatic carbocycles. The molecular weight excluding hydrogens is 126 g/mol.